The first-order chi connectivity index (χ1) is 4.63. The Hall–Kier alpha value is 0.810. The van der Waals surface area contributed by atoms with Crippen molar-refractivity contribution in [3.05, 3.63) is 0 Å². The van der Waals surface area contributed by atoms with E-state index < -0.39 is 25.9 Å². The van der Waals surface area contributed by atoms with Gasteiger partial charge in [0, 0.05) is 0 Å². The number of alkyl halides is 6. The van der Waals surface area contributed by atoms with Crippen molar-refractivity contribution in [1.82, 2.24) is 0 Å². The van der Waals surface area contributed by atoms with Crippen molar-refractivity contribution in [1.29, 1.82) is 0 Å². The van der Waals surface area contributed by atoms with E-state index in [0.717, 1.165) is 0 Å². The molecule has 0 heterocycles. The zero-order valence-corrected chi connectivity index (χ0v) is 7.88. The molecular formula is C3H2Cl3F3OS. The summed E-state index contributed by atoms with van der Waals surface area (Å²) in [6, 6.07) is 0. The molecule has 0 fully saturated rings. The largest absolute Gasteiger partial charge is 0.400 e. The lowest BCUT2D eigenvalue weighted by Gasteiger charge is -2.11. The number of halogens is 6. The summed E-state index contributed by atoms with van der Waals surface area (Å²) < 4.78 is 42.5. The Morgan fingerprint density at radius 2 is 1.55 bits per heavy atom. The maximum Gasteiger partial charge on any atom is 0.400 e. The number of rotatable bonds is 1. The molecule has 0 saturated carbocycles. The summed E-state index contributed by atoms with van der Waals surface area (Å²) in [7, 11) is -2.54. The first-order valence-electron chi connectivity index (χ1n) is 2.15. The van der Waals surface area contributed by atoms with Gasteiger partial charge in [-0.15, -0.1) is 0 Å². The molecule has 1 atom stereocenters. The van der Waals surface area contributed by atoms with Crippen molar-refractivity contribution in [2.45, 2.75) is 9.30 Å². The van der Waals surface area contributed by atoms with Crippen LogP contribution in [0.2, 0.25) is 0 Å². The van der Waals surface area contributed by atoms with Crippen LogP contribution >= 0.6 is 34.8 Å². The third-order valence-corrected chi connectivity index (χ3v) is 3.21. The molecule has 8 heteroatoms. The Kier molecular flexibility index (Phi) is 3.95. The molecule has 1 nitrogen and oxygen atoms in total. The fraction of sp³-hybridized carbons (Fsp3) is 1.00. The Balaban J connectivity index is 4.11. The molecule has 0 saturated heterocycles. The minimum atomic E-state index is -4.57. The van der Waals surface area contributed by atoms with Gasteiger partial charge in [0.1, 0.15) is 5.75 Å². The third kappa shape index (κ3) is 6.02. The summed E-state index contributed by atoms with van der Waals surface area (Å²) in [5.74, 6) is -1.61. The highest BCUT2D eigenvalue weighted by Gasteiger charge is 2.39. The van der Waals surface area contributed by atoms with Gasteiger partial charge < -0.3 is 0 Å². The van der Waals surface area contributed by atoms with Crippen LogP contribution in [0.4, 0.5) is 13.2 Å². The highest BCUT2D eigenvalue weighted by molar-refractivity contribution is 7.91. The topological polar surface area (TPSA) is 17.1 Å². The van der Waals surface area contributed by atoms with E-state index in [-0.39, 0.29) is 0 Å². The van der Waals surface area contributed by atoms with Gasteiger partial charge in [-0.2, -0.15) is 13.2 Å². The van der Waals surface area contributed by atoms with Gasteiger partial charge in [-0.1, -0.05) is 34.8 Å². The molecule has 1 unspecified atom stereocenters. The molecule has 0 bridgehead atoms. The highest BCUT2D eigenvalue weighted by atomic mass is 35.6. The van der Waals surface area contributed by atoms with Crippen molar-refractivity contribution in [2.75, 3.05) is 5.75 Å². The van der Waals surface area contributed by atoms with Crippen molar-refractivity contribution in [3.63, 3.8) is 0 Å². The molecule has 0 spiro atoms. The van der Waals surface area contributed by atoms with Crippen molar-refractivity contribution in [2.24, 2.45) is 0 Å². The predicted molar refractivity (Wildman–Crippen MR) is 39.4 cm³/mol. The molecule has 0 aromatic carbocycles. The SMILES string of the molecule is O=S(CC(F)(F)F)C(Cl)(Cl)Cl. The second kappa shape index (κ2) is 3.68. The molecule has 0 rings (SSSR count). The van der Waals surface area contributed by atoms with Crippen molar-refractivity contribution < 1.29 is 17.4 Å². The molecule has 0 aliphatic rings. The Labute approximate surface area is 78.2 Å². The molecule has 0 aliphatic heterocycles. The van der Waals surface area contributed by atoms with E-state index in [4.69, 9.17) is 34.8 Å². The standard InChI is InChI=1S/C3H2Cl3F3OS/c4-3(5,6)11(10)1-2(7,8)9/h1H2. The molecule has 0 radical (unpaired) electrons. The quantitative estimate of drug-likeness (QED) is 0.653. The summed E-state index contributed by atoms with van der Waals surface area (Å²) in [4.78, 5) is 0. The molecular weight excluding hydrogens is 247 g/mol. The lowest BCUT2D eigenvalue weighted by Crippen LogP contribution is -2.25. The maximum absolute atomic E-state index is 11.5. The van der Waals surface area contributed by atoms with E-state index in [1.54, 1.807) is 0 Å². The monoisotopic (exact) mass is 248 g/mol. The fourth-order valence-corrected chi connectivity index (χ4v) is 1.18. The number of hydrogen-bond donors (Lipinski definition) is 0. The second-order valence-corrected chi connectivity index (χ2v) is 6.10. The summed E-state index contributed by atoms with van der Waals surface area (Å²) in [6.45, 7) is 0. The normalized spacial score (nSPS) is 16.5. The lowest BCUT2D eigenvalue weighted by molar-refractivity contribution is -0.105. The summed E-state index contributed by atoms with van der Waals surface area (Å²) in [6.07, 6.45) is -4.57. The summed E-state index contributed by atoms with van der Waals surface area (Å²) in [5.41, 5.74) is 0. The van der Waals surface area contributed by atoms with Gasteiger partial charge in [0.15, 0.2) is 0 Å². The highest BCUT2D eigenvalue weighted by Crippen LogP contribution is 2.33. The molecule has 0 aromatic heterocycles. The summed E-state index contributed by atoms with van der Waals surface area (Å²) >= 11 is 14.8. The van der Waals surface area contributed by atoms with E-state index in [2.05, 4.69) is 0 Å². The molecule has 0 aromatic rings. The van der Waals surface area contributed by atoms with Crippen LogP contribution in [0.3, 0.4) is 0 Å². The maximum atomic E-state index is 11.5. The predicted octanol–water partition coefficient (Wildman–Crippen LogP) is 2.63. The van der Waals surface area contributed by atoms with Gasteiger partial charge in [0.05, 0.1) is 10.8 Å². The Morgan fingerprint density at radius 1 is 1.18 bits per heavy atom. The van der Waals surface area contributed by atoms with Gasteiger partial charge in [0.25, 0.3) is 3.12 Å². The van der Waals surface area contributed by atoms with Gasteiger partial charge in [0.2, 0.25) is 0 Å². The fourth-order valence-electron chi connectivity index (χ4n) is 0.230. The Bertz CT molecular complexity index is 162. The zero-order chi connectivity index (χ0) is 9.28. The first-order valence-corrected chi connectivity index (χ1v) is 4.60. The van der Waals surface area contributed by atoms with Crippen LogP contribution in [-0.2, 0) is 10.8 Å². The zero-order valence-electron chi connectivity index (χ0n) is 4.79. The average molecular weight is 249 g/mol. The summed E-state index contributed by atoms with van der Waals surface area (Å²) in [5, 5.41) is 0. The minimum absolute atomic E-state index is 1.61. The van der Waals surface area contributed by atoms with Crippen LogP contribution in [0.15, 0.2) is 0 Å². The molecule has 68 valence electrons. The van der Waals surface area contributed by atoms with E-state index >= 15 is 0 Å². The first kappa shape index (κ1) is 11.8. The van der Waals surface area contributed by atoms with Crippen LogP contribution in [0, 0.1) is 0 Å². The van der Waals surface area contributed by atoms with E-state index in [0.29, 0.717) is 0 Å². The molecule has 0 amide bonds. The van der Waals surface area contributed by atoms with Crippen LogP contribution in [0.25, 0.3) is 0 Å². The van der Waals surface area contributed by atoms with Gasteiger partial charge in [-0.25, -0.2) is 0 Å². The number of hydrogen-bond acceptors (Lipinski definition) is 1. The van der Waals surface area contributed by atoms with E-state index in [1.807, 2.05) is 0 Å². The van der Waals surface area contributed by atoms with Gasteiger partial charge >= 0.3 is 6.18 Å². The van der Waals surface area contributed by atoms with Crippen LogP contribution in [0.5, 0.6) is 0 Å². The van der Waals surface area contributed by atoms with Crippen molar-refractivity contribution in [3.8, 4) is 0 Å². The lowest BCUT2D eigenvalue weighted by atomic mass is 10.8. The van der Waals surface area contributed by atoms with Crippen LogP contribution in [-0.4, -0.2) is 19.3 Å². The third-order valence-electron chi connectivity index (χ3n) is 0.553. The minimum Gasteiger partial charge on any atom is -0.255 e. The molecule has 11 heavy (non-hydrogen) atoms. The van der Waals surface area contributed by atoms with Gasteiger partial charge in [-0.05, 0) is 0 Å². The van der Waals surface area contributed by atoms with Crippen LogP contribution < -0.4 is 0 Å². The average Bonchev–Trinajstić information content (AvgIpc) is 1.56. The molecule has 0 aliphatic carbocycles. The van der Waals surface area contributed by atoms with Crippen molar-refractivity contribution >= 4 is 45.6 Å². The molecule has 0 N–H and O–H groups in total. The van der Waals surface area contributed by atoms with Crippen LogP contribution in [0.1, 0.15) is 0 Å². The second-order valence-electron chi connectivity index (χ2n) is 1.55. The van der Waals surface area contributed by atoms with Gasteiger partial charge in [-0.3, -0.25) is 4.21 Å². The van der Waals surface area contributed by atoms with E-state index in [1.165, 1.54) is 0 Å². The smallest absolute Gasteiger partial charge is 0.255 e. The Morgan fingerprint density at radius 3 is 1.64 bits per heavy atom. The van der Waals surface area contributed by atoms with E-state index in [9.17, 15) is 17.4 Å².